The summed E-state index contributed by atoms with van der Waals surface area (Å²) in [6, 6.07) is 0. The van der Waals surface area contributed by atoms with E-state index in [-0.39, 0.29) is 5.54 Å². The average molecular weight is 125 g/mol. The molecule has 9 heavy (non-hydrogen) atoms. The Balaban J connectivity index is 2.34. The van der Waals surface area contributed by atoms with Crippen molar-refractivity contribution in [2.45, 2.75) is 18.4 Å². The van der Waals surface area contributed by atoms with Gasteiger partial charge in [0.05, 0.1) is 11.7 Å². The van der Waals surface area contributed by atoms with E-state index in [1.807, 2.05) is 0 Å². The Kier molecular flexibility index (Phi) is 0.728. The fourth-order valence-corrected chi connectivity index (χ4v) is 0.768. The Bertz CT molecular complexity index is 202. The van der Waals surface area contributed by atoms with E-state index in [4.69, 9.17) is 10.3 Å². The molecule has 4 heteroatoms. The molecule has 0 atom stereocenters. The normalized spacial score (nSPS) is 21.9. The van der Waals surface area contributed by atoms with Crippen molar-refractivity contribution < 1.29 is 4.52 Å². The molecule has 1 aliphatic rings. The first kappa shape index (κ1) is 4.93. The first-order chi connectivity index (χ1) is 4.31. The van der Waals surface area contributed by atoms with Gasteiger partial charge in [0.25, 0.3) is 0 Å². The van der Waals surface area contributed by atoms with Gasteiger partial charge in [0.15, 0.2) is 5.76 Å². The minimum atomic E-state index is -0.219. The van der Waals surface area contributed by atoms with Crippen LogP contribution in [0.1, 0.15) is 18.6 Å². The monoisotopic (exact) mass is 125 g/mol. The van der Waals surface area contributed by atoms with Crippen molar-refractivity contribution in [1.82, 2.24) is 10.4 Å². The summed E-state index contributed by atoms with van der Waals surface area (Å²) in [6.45, 7) is 0. The van der Waals surface area contributed by atoms with Gasteiger partial charge in [0.1, 0.15) is 0 Å². The number of aromatic nitrogens is 2. The quantitative estimate of drug-likeness (QED) is 0.574. The molecule has 1 heterocycles. The van der Waals surface area contributed by atoms with Gasteiger partial charge < -0.3 is 10.3 Å². The molecule has 48 valence electrons. The van der Waals surface area contributed by atoms with Crippen molar-refractivity contribution in [2.75, 3.05) is 0 Å². The van der Waals surface area contributed by atoms with E-state index in [1.165, 1.54) is 0 Å². The van der Waals surface area contributed by atoms with Crippen LogP contribution < -0.4 is 5.73 Å². The highest BCUT2D eigenvalue weighted by Crippen LogP contribution is 2.41. The van der Waals surface area contributed by atoms with Crippen LogP contribution in [0, 0.1) is 0 Å². The fraction of sp³-hybridized carbons (Fsp3) is 0.600. The van der Waals surface area contributed by atoms with Crippen molar-refractivity contribution >= 4 is 0 Å². The van der Waals surface area contributed by atoms with Crippen molar-refractivity contribution in [1.29, 1.82) is 0 Å². The lowest BCUT2D eigenvalue weighted by molar-refractivity contribution is 0.338. The summed E-state index contributed by atoms with van der Waals surface area (Å²) in [6.07, 6.45) is 3.56. The Labute approximate surface area is 52.0 Å². The highest BCUT2D eigenvalue weighted by molar-refractivity contribution is 5.14. The molecule has 4 nitrogen and oxygen atoms in total. The van der Waals surface area contributed by atoms with Gasteiger partial charge in [-0.1, -0.05) is 0 Å². The van der Waals surface area contributed by atoms with Crippen molar-refractivity contribution in [3.05, 3.63) is 12.0 Å². The third-order valence-corrected chi connectivity index (χ3v) is 1.64. The van der Waals surface area contributed by atoms with Crippen LogP contribution in [0.3, 0.4) is 0 Å². The van der Waals surface area contributed by atoms with Crippen LogP contribution in [0.15, 0.2) is 10.7 Å². The lowest BCUT2D eigenvalue weighted by Gasteiger charge is -1.97. The molecule has 2 N–H and O–H groups in total. The minimum Gasteiger partial charge on any atom is -0.340 e. The SMILES string of the molecule is NC1(c2cnno2)CC1. The summed E-state index contributed by atoms with van der Waals surface area (Å²) in [5, 5.41) is 6.86. The van der Waals surface area contributed by atoms with Gasteiger partial charge in [-0.25, -0.2) is 0 Å². The summed E-state index contributed by atoms with van der Waals surface area (Å²) in [4.78, 5) is 0. The van der Waals surface area contributed by atoms with Gasteiger partial charge in [-0.15, -0.1) is 5.10 Å². The highest BCUT2D eigenvalue weighted by atomic mass is 16.5. The van der Waals surface area contributed by atoms with Crippen LogP contribution in [-0.4, -0.2) is 10.4 Å². The van der Waals surface area contributed by atoms with E-state index in [1.54, 1.807) is 6.20 Å². The molecule has 1 aromatic heterocycles. The first-order valence-corrected chi connectivity index (χ1v) is 2.88. The van der Waals surface area contributed by atoms with Gasteiger partial charge in [0, 0.05) is 5.27 Å². The van der Waals surface area contributed by atoms with Crippen LogP contribution in [0.25, 0.3) is 0 Å². The van der Waals surface area contributed by atoms with E-state index in [2.05, 4.69) is 10.4 Å². The molecule has 1 aromatic rings. The van der Waals surface area contributed by atoms with Gasteiger partial charge in [-0.2, -0.15) is 0 Å². The fourth-order valence-electron chi connectivity index (χ4n) is 0.768. The molecule has 0 bridgehead atoms. The van der Waals surface area contributed by atoms with E-state index >= 15 is 0 Å². The van der Waals surface area contributed by atoms with Gasteiger partial charge in [-0.05, 0) is 12.8 Å². The van der Waals surface area contributed by atoms with E-state index in [0.717, 1.165) is 12.8 Å². The smallest absolute Gasteiger partial charge is 0.176 e. The summed E-state index contributed by atoms with van der Waals surface area (Å²) < 4.78 is 4.77. The molecule has 0 aromatic carbocycles. The Hall–Kier alpha value is -0.900. The first-order valence-electron chi connectivity index (χ1n) is 2.88. The average Bonchev–Trinajstić information content (AvgIpc) is 2.46. The van der Waals surface area contributed by atoms with Gasteiger partial charge in [0.2, 0.25) is 0 Å². The molecule has 1 fully saturated rings. The summed E-state index contributed by atoms with van der Waals surface area (Å²) >= 11 is 0. The molecule has 1 saturated carbocycles. The third kappa shape index (κ3) is 0.632. The second-order valence-electron chi connectivity index (χ2n) is 2.44. The molecular weight excluding hydrogens is 118 g/mol. The Morgan fingerprint density at radius 1 is 1.67 bits per heavy atom. The molecule has 0 aliphatic heterocycles. The molecule has 1 aliphatic carbocycles. The largest absolute Gasteiger partial charge is 0.340 e. The van der Waals surface area contributed by atoms with Gasteiger partial charge in [-0.3, -0.25) is 0 Å². The molecule has 0 radical (unpaired) electrons. The molecule has 0 unspecified atom stereocenters. The number of rotatable bonds is 1. The summed E-state index contributed by atoms with van der Waals surface area (Å²) in [5.74, 6) is 0.711. The van der Waals surface area contributed by atoms with E-state index in [0.29, 0.717) is 5.76 Å². The van der Waals surface area contributed by atoms with E-state index < -0.39 is 0 Å². The molecule has 0 amide bonds. The van der Waals surface area contributed by atoms with E-state index in [9.17, 15) is 0 Å². The summed E-state index contributed by atoms with van der Waals surface area (Å²) in [5.41, 5.74) is 5.52. The second kappa shape index (κ2) is 1.33. The maximum atomic E-state index is 5.74. The molecular formula is C5H7N3O. The predicted octanol–water partition coefficient (Wildman–Crippen LogP) is 0.0174. The molecule has 0 saturated heterocycles. The molecule has 0 spiro atoms. The predicted molar refractivity (Wildman–Crippen MR) is 29.4 cm³/mol. The number of hydrogen-bond donors (Lipinski definition) is 1. The van der Waals surface area contributed by atoms with Crippen molar-refractivity contribution in [3.8, 4) is 0 Å². The Morgan fingerprint density at radius 3 is 2.89 bits per heavy atom. The van der Waals surface area contributed by atoms with Gasteiger partial charge >= 0.3 is 0 Å². The zero-order valence-corrected chi connectivity index (χ0v) is 4.87. The Morgan fingerprint density at radius 2 is 2.44 bits per heavy atom. The van der Waals surface area contributed by atoms with Crippen LogP contribution in [0.2, 0.25) is 0 Å². The van der Waals surface area contributed by atoms with Crippen LogP contribution >= 0.6 is 0 Å². The lowest BCUT2D eigenvalue weighted by Crippen LogP contribution is -2.17. The topological polar surface area (TPSA) is 64.9 Å². The van der Waals surface area contributed by atoms with Crippen LogP contribution in [0.5, 0.6) is 0 Å². The standard InChI is InChI=1S/C5H7N3O/c6-5(1-2-5)4-3-7-8-9-4/h3H,1-2,6H2. The van der Waals surface area contributed by atoms with Crippen molar-refractivity contribution in [3.63, 3.8) is 0 Å². The maximum absolute atomic E-state index is 5.74. The van der Waals surface area contributed by atoms with Crippen LogP contribution in [0.4, 0.5) is 0 Å². The summed E-state index contributed by atoms with van der Waals surface area (Å²) in [7, 11) is 0. The van der Waals surface area contributed by atoms with Crippen molar-refractivity contribution in [2.24, 2.45) is 5.73 Å². The minimum absolute atomic E-state index is 0.219. The lowest BCUT2D eigenvalue weighted by atomic mass is 10.2. The number of nitrogens with two attached hydrogens (primary N) is 1. The number of nitrogens with zero attached hydrogens (tertiary/aromatic N) is 2. The third-order valence-electron chi connectivity index (χ3n) is 1.64. The zero-order chi connectivity index (χ0) is 6.32. The molecule has 2 rings (SSSR count). The second-order valence-corrected chi connectivity index (χ2v) is 2.44. The zero-order valence-electron chi connectivity index (χ0n) is 4.87. The van der Waals surface area contributed by atoms with Crippen LogP contribution in [-0.2, 0) is 5.54 Å². The number of hydrogen-bond acceptors (Lipinski definition) is 4. The maximum Gasteiger partial charge on any atom is 0.176 e. The highest BCUT2D eigenvalue weighted by Gasteiger charge is 2.43.